The summed E-state index contributed by atoms with van der Waals surface area (Å²) >= 11 is 18.6. The minimum Gasteiger partial charge on any atom is -0.354 e. The molecule has 7 nitrogen and oxygen atoms in total. The number of nitrogens with one attached hydrogen (secondary N) is 1. The smallest absolute Gasteiger partial charge is 0.264 e. The number of sulfonamides is 1. The Morgan fingerprint density at radius 1 is 0.900 bits per heavy atom. The Hall–Kier alpha value is -2.78. The van der Waals surface area contributed by atoms with Crippen LogP contribution in [0.2, 0.25) is 15.1 Å². The summed E-state index contributed by atoms with van der Waals surface area (Å²) in [4.78, 5) is 28.2. The number of benzene rings is 3. The number of anilines is 1. The summed E-state index contributed by atoms with van der Waals surface area (Å²) in [6.45, 7) is 7.04. The summed E-state index contributed by atoms with van der Waals surface area (Å²) in [5.41, 5.74) is 2.50. The zero-order valence-corrected chi connectivity index (χ0v) is 25.8. The number of hydrogen-bond acceptors (Lipinski definition) is 4. The summed E-state index contributed by atoms with van der Waals surface area (Å²) in [7, 11) is -4.19. The first-order valence-corrected chi connectivity index (χ1v) is 15.3. The van der Waals surface area contributed by atoms with Gasteiger partial charge in [-0.1, -0.05) is 71.6 Å². The van der Waals surface area contributed by atoms with E-state index in [9.17, 15) is 18.0 Å². The van der Waals surface area contributed by atoms with Gasteiger partial charge in [-0.3, -0.25) is 13.9 Å². The van der Waals surface area contributed by atoms with E-state index in [2.05, 4.69) is 5.32 Å². The normalized spacial score (nSPS) is 12.1. The first kappa shape index (κ1) is 31.7. The molecule has 3 aromatic rings. The molecule has 0 radical (unpaired) electrons. The molecule has 3 rings (SSSR count). The highest BCUT2D eigenvalue weighted by atomic mass is 35.5. The molecule has 214 valence electrons. The lowest BCUT2D eigenvalue weighted by atomic mass is 10.1. The van der Waals surface area contributed by atoms with Gasteiger partial charge in [0.05, 0.1) is 20.6 Å². The van der Waals surface area contributed by atoms with Crippen LogP contribution in [0.25, 0.3) is 0 Å². The molecule has 0 saturated carbocycles. The molecule has 40 heavy (non-hydrogen) atoms. The summed E-state index contributed by atoms with van der Waals surface area (Å²) in [5.74, 6) is -0.945. The molecule has 0 aliphatic heterocycles. The summed E-state index contributed by atoms with van der Waals surface area (Å²) in [6, 6.07) is 15.2. The van der Waals surface area contributed by atoms with Crippen molar-refractivity contribution in [2.24, 2.45) is 0 Å². The standard InChI is InChI=1S/C29H32Cl3N3O4S/c1-5-14-33-29(37)21(4)34(17-22-9-13-25(30)27(32)15-22)28(36)18-35(23-10-8-20(3)26(31)16-23)40(38,39)24-11-6-19(2)7-12-24/h6-13,15-16,21H,5,14,17-18H2,1-4H3,(H,33,37). The van der Waals surface area contributed by atoms with Gasteiger partial charge in [-0.2, -0.15) is 0 Å². The van der Waals surface area contributed by atoms with E-state index in [1.165, 1.54) is 23.1 Å². The van der Waals surface area contributed by atoms with Crippen molar-refractivity contribution in [3.05, 3.63) is 92.4 Å². The fourth-order valence-electron chi connectivity index (χ4n) is 3.92. The molecule has 0 heterocycles. The Labute approximate surface area is 251 Å². The lowest BCUT2D eigenvalue weighted by Gasteiger charge is -2.32. The van der Waals surface area contributed by atoms with Crippen LogP contribution in [-0.2, 0) is 26.2 Å². The average molecular weight is 625 g/mol. The maximum atomic E-state index is 13.9. The monoisotopic (exact) mass is 623 g/mol. The Bertz CT molecular complexity index is 1480. The van der Waals surface area contributed by atoms with E-state index in [4.69, 9.17) is 34.8 Å². The van der Waals surface area contributed by atoms with Gasteiger partial charge in [0, 0.05) is 18.1 Å². The zero-order chi connectivity index (χ0) is 29.6. The number of halogens is 3. The third kappa shape index (κ3) is 7.69. The van der Waals surface area contributed by atoms with E-state index < -0.39 is 28.5 Å². The fourth-order valence-corrected chi connectivity index (χ4v) is 5.82. The number of carbonyl (C=O) groups excluding carboxylic acids is 2. The summed E-state index contributed by atoms with van der Waals surface area (Å²) in [6.07, 6.45) is 0.718. The molecule has 0 aromatic heterocycles. The highest BCUT2D eigenvalue weighted by Gasteiger charge is 2.32. The molecule has 0 spiro atoms. The lowest BCUT2D eigenvalue weighted by molar-refractivity contribution is -0.139. The molecular weight excluding hydrogens is 593 g/mol. The van der Waals surface area contributed by atoms with Crippen LogP contribution in [0.15, 0.2) is 65.6 Å². The number of rotatable bonds is 11. The predicted molar refractivity (Wildman–Crippen MR) is 162 cm³/mol. The lowest BCUT2D eigenvalue weighted by Crippen LogP contribution is -2.51. The van der Waals surface area contributed by atoms with Crippen LogP contribution in [0, 0.1) is 13.8 Å². The molecular formula is C29H32Cl3N3O4S. The van der Waals surface area contributed by atoms with E-state index in [0.717, 1.165) is 21.9 Å². The Morgan fingerprint density at radius 2 is 1.57 bits per heavy atom. The van der Waals surface area contributed by atoms with Crippen molar-refractivity contribution in [2.75, 3.05) is 17.4 Å². The van der Waals surface area contributed by atoms with Gasteiger partial charge in [-0.15, -0.1) is 0 Å². The van der Waals surface area contributed by atoms with Gasteiger partial charge in [-0.25, -0.2) is 8.42 Å². The van der Waals surface area contributed by atoms with Crippen LogP contribution >= 0.6 is 34.8 Å². The molecule has 1 atom stereocenters. The highest BCUT2D eigenvalue weighted by Crippen LogP contribution is 2.29. The minimum atomic E-state index is -4.19. The van der Waals surface area contributed by atoms with Crippen molar-refractivity contribution in [1.29, 1.82) is 0 Å². The second-order valence-corrected chi connectivity index (χ2v) is 12.6. The minimum absolute atomic E-state index is 0.00348. The molecule has 1 N–H and O–H groups in total. The number of carbonyl (C=O) groups is 2. The van der Waals surface area contributed by atoms with Gasteiger partial charge in [-0.05, 0) is 74.7 Å². The topological polar surface area (TPSA) is 86.8 Å². The van der Waals surface area contributed by atoms with Gasteiger partial charge >= 0.3 is 0 Å². The number of hydrogen-bond donors (Lipinski definition) is 1. The second-order valence-electron chi connectivity index (χ2n) is 9.50. The van der Waals surface area contributed by atoms with E-state index in [1.807, 2.05) is 13.8 Å². The van der Waals surface area contributed by atoms with Crippen molar-refractivity contribution in [3.8, 4) is 0 Å². The van der Waals surface area contributed by atoms with Gasteiger partial charge in [0.15, 0.2) is 0 Å². The third-order valence-corrected chi connectivity index (χ3v) is 9.32. The molecule has 3 aromatic carbocycles. The molecule has 2 amide bonds. The largest absolute Gasteiger partial charge is 0.354 e. The second kappa shape index (κ2) is 13.7. The van der Waals surface area contributed by atoms with E-state index >= 15 is 0 Å². The molecule has 0 bridgehead atoms. The summed E-state index contributed by atoms with van der Waals surface area (Å²) < 4.78 is 28.8. The average Bonchev–Trinajstić information content (AvgIpc) is 2.92. The zero-order valence-electron chi connectivity index (χ0n) is 22.7. The first-order valence-electron chi connectivity index (χ1n) is 12.7. The van der Waals surface area contributed by atoms with Gasteiger partial charge < -0.3 is 10.2 Å². The van der Waals surface area contributed by atoms with Crippen molar-refractivity contribution in [1.82, 2.24) is 10.2 Å². The van der Waals surface area contributed by atoms with Crippen molar-refractivity contribution in [2.45, 2.75) is 51.6 Å². The Kier molecular flexibility index (Phi) is 10.9. The number of aryl methyl sites for hydroxylation is 2. The van der Waals surface area contributed by atoms with Crippen LogP contribution in [0.1, 0.15) is 37.0 Å². The SMILES string of the molecule is CCCNC(=O)C(C)N(Cc1ccc(Cl)c(Cl)c1)C(=O)CN(c1ccc(C)c(Cl)c1)S(=O)(=O)c1ccc(C)cc1. The van der Waals surface area contributed by atoms with Crippen molar-refractivity contribution >= 4 is 62.3 Å². The molecule has 0 aliphatic carbocycles. The van der Waals surface area contributed by atoms with E-state index in [-0.39, 0.29) is 23.0 Å². The van der Waals surface area contributed by atoms with E-state index in [0.29, 0.717) is 27.2 Å². The van der Waals surface area contributed by atoms with Crippen LogP contribution < -0.4 is 9.62 Å². The first-order chi connectivity index (χ1) is 18.8. The van der Waals surface area contributed by atoms with Gasteiger partial charge in [0.25, 0.3) is 10.0 Å². The molecule has 11 heteroatoms. The molecule has 1 unspecified atom stereocenters. The predicted octanol–water partition coefficient (Wildman–Crippen LogP) is 6.40. The van der Waals surface area contributed by atoms with Gasteiger partial charge in [0.2, 0.25) is 11.8 Å². The Morgan fingerprint density at radius 3 is 2.17 bits per heavy atom. The maximum absolute atomic E-state index is 13.9. The number of nitrogens with zero attached hydrogens (tertiary/aromatic N) is 2. The highest BCUT2D eigenvalue weighted by molar-refractivity contribution is 7.92. The summed E-state index contributed by atoms with van der Waals surface area (Å²) in [5, 5.41) is 3.81. The Balaban J connectivity index is 2.05. The van der Waals surface area contributed by atoms with Crippen LogP contribution in [0.3, 0.4) is 0 Å². The maximum Gasteiger partial charge on any atom is 0.264 e. The van der Waals surface area contributed by atoms with Crippen molar-refractivity contribution < 1.29 is 18.0 Å². The third-order valence-electron chi connectivity index (χ3n) is 6.38. The molecule has 0 fully saturated rings. The fraction of sp³-hybridized carbons (Fsp3) is 0.310. The van der Waals surface area contributed by atoms with Crippen LogP contribution in [-0.4, -0.2) is 44.3 Å². The van der Waals surface area contributed by atoms with E-state index in [1.54, 1.807) is 56.3 Å². The van der Waals surface area contributed by atoms with Crippen LogP contribution in [0.5, 0.6) is 0 Å². The quantitative estimate of drug-likeness (QED) is 0.267. The number of amides is 2. The van der Waals surface area contributed by atoms with Crippen LogP contribution in [0.4, 0.5) is 5.69 Å². The molecule has 0 saturated heterocycles. The van der Waals surface area contributed by atoms with Crippen molar-refractivity contribution in [3.63, 3.8) is 0 Å². The molecule has 0 aliphatic rings. The van der Waals surface area contributed by atoms with Gasteiger partial charge in [0.1, 0.15) is 12.6 Å².